The summed E-state index contributed by atoms with van der Waals surface area (Å²) in [5.41, 5.74) is 1.81. The van der Waals surface area contributed by atoms with Gasteiger partial charge in [-0.25, -0.2) is 0 Å². The van der Waals surface area contributed by atoms with E-state index in [0.717, 1.165) is 12.6 Å². The van der Waals surface area contributed by atoms with Crippen LogP contribution in [0, 0.1) is 5.41 Å². The van der Waals surface area contributed by atoms with Crippen LogP contribution in [-0.4, -0.2) is 50.1 Å². The normalized spacial score (nSPS) is 28.8. The molecule has 1 saturated carbocycles. The monoisotopic (exact) mass is 224 g/mol. The van der Waals surface area contributed by atoms with Gasteiger partial charge in [-0.2, -0.15) is 0 Å². The predicted molar refractivity (Wildman–Crippen MR) is 71.7 cm³/mol. The first-order chi connectivity index (χ1) is 7.44. The maximum atomic E-state index is 4.20. The van der Waals surface area contributed by atoms with Crippen LogP contribution in [0.25, 0.3) is 0 Å². The van der Waals surface area contributed by atoms with Crippen molar-refractivity contribution in [2.45, 2.75) is 39.2 Å². The van der Waals surface area contributed by atoms with Crippen LogP contribution in [0.5, 0.6) is 0 Å². The molecule has 1 unspecified atom stereocenters. The molecule has 0 N–H and O–H groups in total. The fraction of sp³-hybridized carbons (Fsp3) is 0.857. The molecule has 2 nitrogen and oxygen atoms in total. The van der Waals surface area contributed by atoms with E-state index < -0.39 is 0 Å². The SMILES string of the molecule is C=C(C)[C@@]1(CCCN(C)CC)CC1N(C)C. The lowest BCUT2D eigenvalue weighted by Gasteiger charge is -2.22. The zero-order valence-electron chi connectivity index (χ0n) is 11.7. The molecule has 2 heteroatoms. The molecule has 0 saturated heterocycles. The topological polar surface area (TPSA) is 6.48 Å². The minimum atomic E-state index is 0.429. The molecule has 1 aliphatic carbocycles. The Bertz CT molecular complexity index is 247. The van der Waals surface area contributed by atoms with Gasteiger partial charge >= 0.3 is 0 Å². The van der Waals surface area contributed by atoms with Crippen molar-refractivity contribution in [2.24, 2.45) is 5.41 Å². The van der Waals surface area contributed by atoms with E-state index in [-0.39, 0.29) is 0 Å². The Morgan fingerprint density at radius 3 is 2.38 bits per heavy atom. The second-order valence-corrected chi connectivity index (χ2v) is 5.62. The van der Waals surface area contributed by atoms with Crippen LogP contribution in [0.1, 0.15) is 33.1 Å². The zero-order valence-corrected chi connectivity index (χ0v) is 11.7. The largest absolute Gasteiger partial charge is 0.307 e. The highest BCUT2D eigenvalue weighted by molar-refractivity contribution is 5.24. The third-order valence-electron chi connectivity index (χ3n) is 4.21. The van der Waals surface area contributed by atoms with Gasteiger partial charge in [0.05, 0.1) is 0 Å². The van der Waals surface area contributed by atoms with Crippen LogP contribution in [-0.2, 0) is 0 Å². The van der Waals surface area contributed by atoms with Gasteiger partial charge in [0.25, 0.3) is 0 Å². The second-order valence-electron chi connectivity index (χ2n) is 5.62. The van der Waals surface area contributed by atoms with Gasteiger partial charge in [-0.15, -0.1) is 0 Å². The van der Waals surface area contributed by atoms with Gasteiger partial charge in [0, 0.05) is 11.5 Å². The van der Waals surface area contributed by atoms with Crippen molar-refractivity contribution < 1.29 is 0 Å². The van der Waals surface area contributed by atoms with Crippen molar-refractivity contribution in [3.8, 4) is 0 Å². The molecule has 2 atom stereocenters. The molecule has 1 rings (SSSR count). The van der Waals surface area contributed by atoms with Gasteiger partial charge in [0.2, 0.25) is 0 Å². The van der Waals surface area contributed by atoms with Crippen LogP contribution >= 0.6 is 0 Å². The molecule has 0 radical (unpaired) electrons. The average molecular weight is 224 g/mol. The Kier molecular flexibility index (Phi) is 4.57. The van der Waals surface area contributed by atoms with Crippen LogP contribution in [0.15, 0.2) is 12.2 Å². The van der Waals surface area contributed by atoms with Crippen molar-refractivity contribution in [1.82, 2.24) is 9.80 Å². The number of nitrogens with zero attached hydrogens (tertiary/aromatic N) is 2. The summed E-state index contributed by atoms with van der Waals surface area (Å²) in [7, 11) is 6.57. The standard InChI is InChI=1S/C14H28N2/c1-7-16(6)10-8-9-14(12(2)3)11-13(14)15(4)5/h13H,2,7-11H2,1,3-6H3/t13?,14-/m1/s1. The lowest BCUT2D eigenvalue weighted by Crippen LogP contribution is -2.24. The smallest absolute Gasteiger partial charge is 0.0192 e. The summed E-state index contributed by atoms with van der Waals surface area (Å²) in [4.78, 5) is 4.75. The number of hydrogen-bond donors (Lipinski definition) is 0. The summed E-state index contributed by atoms with van der Waals surface area (Å²) in [6.07, 6.45) is 3.90. The lowest BCUT2D eigenvalue weighted by molar-refractivity contribution is 0.301. The Morgan fingerprint density at radius 1 is 1.38 bits per heavy atom. The van der Waals surface area contributed by atoms with Crippen molar-refractivity contribution >= 4 is 0 Å². The van der Waals surface area contributed by atoms with Crippen LogP contribution in [0.4, 0.5) is 0 Å². The minimum absolute atomic E-state index is 0.429. The predicted octanol–water partition coefficient (Wildman–Crippen LogP) is 2.61. The molecule has 0 amide bonds. The molecule has 0 aromatic rings. The van der Waals surface area contributed by atoms with Gasteiger partial charge in [-0.05, 0) is 60.4 Å². The fourth-order valence-electron chi connectivity index (χ4n) is 2.73. The molecule has 0 bridgehead atoms. The van der Waals surface area contributed by atoms with Crippen molar-refractivity contribution in [3.63, 3.8) is 0 Å². The van der Waals surface area contributed by atoms with Crippen molar-refractivity contribution in [2.75, 3.05) is 34.2 Å². The maximum Gasteiger partial charge on any atom is 0.0192 e. The fourth-order valence-corrected chi connectivity index (χ4v) is 2.73. The number of hydrogen-bond acceptors (Lipinski definition) is 2. The Balaban J connectivity index is 2.41. The molecule has 1 fully saturated rings. The Hall–Kier alpha value is -0.340. The summed E-state index contributed by atoms with van der Waals surface area (Å²) < 4.78 is 0. The molecule has 0 spiro atoms. The summed E-state index contributed by atoms with van der Waals surface area (Å²) >= 11 is 0. The first kappa shape index (κ1) is 13.7. The van der Waals surface area contributed by atoms with Crippen LogP contribution < -0.4 is 0 Å². The Labute approximate surface area is 101 Å². The maximum absolute atomic E-state index is 4.20. The molecule has 0 aromatic heterocycles. The molecular weight excluding hydrogens is 196 g/mol. The second kappa shape index (κ2) is 5.33. The van der Waals surface area contributed by atoms with E-state index in [2.05, 4.69) is 51.4 Å². The highest BCUT2D eigenvalue weighted by Crippen LogP contribution is 2.56. The average Bonchev–Trinajstić information content (AvgIpc) is 2.94. The molecule has 0 aromatic carbocycles. The third-order valence-corrected chi connectivity index (χ3v) is 4.21. The molecule has 0 heterocycles. The number of rotatable bonds is 7. The summed E-state index contributed by atoms with van der Waals surface area (Å²) in [6.45, 7) is 11.0. The highest BCUT2D eigenvalue weighted by Gasteiger charge is 2.54. The molecule has 1 aliphatic rings. The zero-order chi connectivity index (χ0) is 12.3. The third kappa shape index (κ3) is 2.86. The van der Waals surface area contributed by atoms with Crippen LogP contribution in [0.2, 0.25) is 0 Å². The van der Waals surface area contributed by atoms with Gasteiger partial charge in [0.15, 0.2) is 0 Å². The Morgan fingerprint density at radius 2 is 2.00 bits per heavy atom. The first-order valence-corrected chi connectivity index (χ1v) is 6.45. The van der Waals surface area contributed by atoms with Gasteiger partial charge in [-0.3, -0.25) is 0 Å². The van der Waals surface area contributed by atoms with Crippen molar-refractivity contribution in [1.29, 1.82) is 0 Å². The highest BCUT2D eigenvalue weighted by atomic mass is 15.2. The molecule has 16 heavy (non-hydrogen) atoms. The summed E-state index contributed by atoms with van der Waals surface area (Å²) in [6, 6.07) is 0.733. The van der Waals surface area contributed by atoms with E-state index >= 15 is 0 Å². The van der Waals surface area contributed by atoms with Gasteiger partial charge in [-0.1, -0.05) is 19.1 Å². The molecule has 94 valence electrons. The molecular formula is C14H28N2. The van der Waals surface area contributed by atoms with Crippen molar-refractivity contribution in [3.05, 3.63) is 12.2 Å². The van der Waals surface area contributed by atoms with E-state index in [0.29, 0.717) is 5.41 Å². The van der Waals surface area contributed by atoms with Gasteiger partial charge in [0.1, 0.15) is 0 Å². The van der Waals surface area contributed by atoms with E-state index in [1.165, 1.54) is 31.4 Å². The lowest BCUT2D eigenvalue weighted by atomic mass is 9.91. The first-order valence-electron chi connectivity index (χ1n) is 6.45. The quantitative estimate of drug-likeness (QED) is 0.613. The molecule has 0 aliphatic heterocycles. The van der Waals surface area contributed by atoms with E-state index in [4.69, 9.17) is 0 Å². The summed E-state index contributed by atoms with van der Waals surface area (Å²) in [5, 5.41) is 0. The van der Waals surface area contributed by atoms with E-state index in [1.807, 2.05) is 0 Å². The van der Waals surface area contributed by atoms with Gasteiger partial charge < -0.3 is 9.80 Å². The summed E-state index contributed by atoms with van der Waals surface area (Å²) in [5.74, 6) is 0. The van der Waals surface area contributed by atoms with E-state index in [9.17, 15) is 0 Å². The minimum Gasteiger partial charge on any atom is -0.307 e. The van der Waals surface area contributed by atoms with E-state index in [1.54, 1.807) is 0 Å². The van der Waals surface area contributed by atoms with Crippen LogP contribution in [0.3, 0.4) is 0 Å².